The molecule has 0 aromatic heterocycles. The van der Waals surface area contributed by atoms with E-state index in [4.69, 9.17) is 17.3 Å². The Bertz CT molecular complexity index is 448. The van der Waals surface area contributed by atoms with Crippen LogP contribution >= 0.6 is 11.6 Å². The fraction of sp³-hybridized carbons (Fsp3) is 0.333. The molecule has 3 N–H and O–H groups in total. The van der Waals surface area contributed by atoms with Gasteiger partial charge in [-0.1, -0.05) is 24.3 Å². The van der Waals surface area contributed by atoms with Crippen LogP contribution in [0.4, 0.5) is 0 Å². The number of hydrogen-bond donors (Lipinski definition) is 2. The van der Waals surface area contributed by atoms with E-state index in [2.05, 4.69) is 5.32 Å². The van der Waals surface area contributed by atoms with Gasteiger partial charge in [0.15, 0.2) is 0 Å². The number of rotatable bonds is 3. The summed E-state index contributed by atoms with van der Waals surface area (Å²) in [6.45, 7) is 0. The van der Waals surface area contributed by atoms with E-state index in [1.54, 1.807) is 0 Å². The summed E-state index contributed by atoms with van der Waals surface area (Å²) in [6.07, 6.45) is 0.863. The third-order valence-corrected chi connectivity index (χ3v) is 3.32. The molecule has 2 rings (SSSR count). The van der Waals surface area contributed by atoms with Gasteiger partial charge in [0.1, 0.15) is 11.4 Å². The smallest absolute Gasteiger partial charge is 0.243 e. The molecule has 0 bridgehead atoms. The summed E-state index contributed by atoms with van der Waals surface area (Å²) in [6, 6.07) is 7.68. The van der Waals surface area contributed by atoms with E-state index in [9.17, 15) is 9.59 Å². The van der Waals surface area contributed by atoms with E-state index in [1.807, 2.05) is 24.3 Å². The number of fused-ring (bicyclic) bond motifs is 1. The van der Waals surface area contributed by atoms with Crippen LogP contribution in [0.3, 0.4) is 0 Å². The van der Waals surface area contributed by atoms with Crippen LogP contribution in [0.25, 0.3) is 0 Å². The first-order valence-corrected chi connectivity index (χ1v) is 5.84. The molecule has 0 fully saturated rings. The first-order valence-electron chi connectivity index (χ1n) is 5.31. The van der Waals surface area contributed by atoms with Crippen LogP contribution in [-0.2, 0) is 22.4 Å². The van der Waals surface area contributed by atoms with Crippen molar-refractivity contribution >= 4 is 23.4 Å². The van der Waals surface area contributed by atoms with Gasteiger partial charge in [0, 0.05) is 12.8 Å². The highest BCUT2D eigenvalue weighted by molar-refractivity contribution is 6.27. The van der Waals surface area contributed by atoms with Crippen LogP contribution in [0.2, 0.25) is 0 Å². The molecule has 0 radical (unpaired) electrons. The summed E-state index contributed by atoms with van der Waals surface area (Å²) in [5, 5.41) is 2.64. The molecule has 1 aromatic carbocycles. The molecule has 0 aliphatic heterocycles. The molecular weight excluding hydrogens is 240 g/mol. The van der Waals surface area contributed by atoms with Crippen molar-refractivity contribution in [3.63, 3.8) is 0 Å². The van der Waals surface area contributed by atoms with Gasteiger partial charge in [-0.3, -0.25) is 9.59 Å². The maximum Gasteiger partial charge on any atom is 0.243 e. The van der Waals surface area contributed by atoms with Crippen molar-refractivity contribution < 1.29 is 9.59 Å². The number of alkyl halides is 1. The lowest BCUT2D eigenvalue weighted by molar-refractivity contribution is -0.130. The predicted octanol–water partition coefficient (Wildman–Crippen LogP) is 0.364. The second-order valence-electron chi connectivity index (χ2n) is 4.25. The molecule has 1 aromatic rings. The van der Waals surface area contributed by atoms with Crippen LogP contribution in [0.1, 0.15) is 11.1 Å². The number of halogens is 1. The molecule has 0 saturated heterocycles. The number of nitrogens with one attached hydrogen (secondary N) is 1. The van der Waals surface area contributed by atoms with Crippen LogP contribution in [0, 0.1) is 0 Å². The Morgan fingerprint density at radius 2 is 1.82 bits per heavy atom. The summed E-state index contributed by atoms with van der Waals surface area (Å²) in [5.74, 6) is -1.07. The highest BCUT2D eigenvalue weighted by Crippen LogP contribution is 2.29. The van der Waals surface area contributed by atoms with Crippen molar-refractivity contribution in [3.05, 3.63) is 35.4 Å². The number of carbonyl (C=O) groups is 2. The monoisotopic (exact) mass is 252 g/mol. The second kappa shape index (κ2) is 4.37. The van der Waals surface area contributed by atoms with Gasteiger partial charge in [-0.25, -0.2) is 0 Å². The largest absolute Gasteiger partial charge is 0.368 e. The number of amides is 2. The van der Waals surface area contributed by atoms with Crippen molar-refractivity contribution in [3.8, 4) is 0 Å². The molecule has 5 heteroatoms. The Labute approximate surface area is 104 Å². The third kappa shape index (κ3) is 2.13. The minimum atomic E-state index is -1.02. The fourth-order valence-corrected chi connectivity index (χ4v) is 2.31. The summed E-state index contributed by atoms with van der Waals surface area (Å²) in [5.41, 5.74) is 6.49. The Morgan fingerprint density at radius 1 is 1.29 bits per heavy atom. The van der Waals surface area contributed by atoms with Crippen molar-refractivity contribution in [1.29, 1.82) is 0 Å². The zero-order chi connectivity index (χ0) is 12.5. The van der Waals surface area contributed by atoms with Gasteiger partial charge < -0.3 is 11.1 Å². The minimum absolute atomic E-state index is 0.175. The quantitative estimate of drug-likeness (QED) is 0.763. The van der Waals surface area contributed by atoms with Gasteiger partial charge in [0.2, 0.25) is 11.8 Å². The van der Waals surface area contributed by atoms with Crippen LogP contribution in [0.15, 0.2) is 24.3 Å². The Kier molecular flexibility index (Phi) is 3.07. The minimum Gasteiger partial charge on any atom is -0.368 e. The molecule has 4 nitrogen and oxygen atoms in total. The van der Waals surface area contributed by atoms with Gasteiger partial charge in [-0.2, -0.15) is 0 Å². The fourth-order valence-electron chi connectivity index (χ4n) is 2.24. The Balaban J connectivity index is 2.29. The molecule has 0 atom stereocenters. The van der Waals surface area contributed by atoms with E-state index in [0.717, 1.165) is 11.1 Å². The lowest BCUT2D eigenvalue weighted by Crippen LogP contribution is -2.58. The second-order valence-corrected chi connectivity index (χ2v) is 4.52. The zero-order valence-electron chi connectivity index (χ0n) is 9.20. The van der Waals surface area contributed by atoms with Gasteiger partial charge in [0.05, 0.1) is 0 Å². The SMILES string of the molecule is NC(=O)C1(NC(=O)CCl)Cc2ccccc2C1. The summed E-state index contributed by atoms with van der Waals surface area (Å²) >= 11 is 5.44. The Morgan fingerprint density at radius 3 is 2.24 bits per heavy atom. The molecule has 1 aliphatic rings. The predicted molar refractivity (Wildman–Crippen MR) is 64.6 cm³/mol. The molecule has 0 saturated carbocycles. The maximum atomic E-state index is 11.6. The van der Waals surface area contributed by atoms with Crippen molar-refractivity contribution in [2.45, 2.75) is 18.4 Å². The van der Waals surface area contributed by atoms with Crippen molar-refractivity contribution in [2.24, 2.45) is 5.73 Å². The van der Waals surface area contributed by atoms with E-state index >= 15 is 0 Å². The summed E-state index contributed by atoms with van der Waals surface area (Å²) in [4.78, 5) is 23.0. The zero-order valence-corrected chi connectivity index (χ0v) is 9.96. The molecule has 0 spiro atoms. The first-order chi connectivity index (χ1) is 8.07. The number of primary amides is 1. The first kappa shape index (κ1) is 11.9. The van der Waals surface area contributed by atoms with Gasteiger partial charge in [-0.15, -0.1) is 11.6 Å². The summed E-state index contributed by atoms with van der Waals surface area (Å²) < 4.78 is 0. The van der Waals surface area contributed by atoms with E-state index in [0.29, 0.717) is 12.8 Å². The van der Waals surface area contributed by atoms with E-state index in [1.165, 1.54) is 0 Å². The van der Waals surface area contributed by atoms with E-state index in [-0.39, 0.29) is 11.8 Å². The average molecular weight is 253 g/mol. The van der Waals surface area contributed by atoms with Crippen LogP contribution in [0.5, 0.6) is 0 Å². The number of hydrogen-bond acceptors (Lipinski definition) is 2. The molecule has 2 amide bonds. The average Bonchev–Trinajstić information content (AvgIpc) is 2.68. The number of carbonyl (C=O) groups excluding carboxylic acids is 2. The third-order valence-electron chi connectivity index (χ3n) is 3.07. The molecule has 1 aliphatic carbocycles. The topological polar surface area (TPSA) is 72.2 Å². The molecule has 17 heavy (non-hydrogen) atoms. The maximum absolute atomic E-state index is 11.6. The van der Waals surface area contributed by atoms with Crippen molar-refractivity contribution in [1.82, 2.24) is 5.32 Å². The lowest BCUT2D eigenvalue weighted by atomic mass is 9.95. The Hall–Kier alpha value is -1.55. The van der Waals surface area contributed by atoms with E-state index < -0.39 is 11.4 Å². The molecular formula is C12H13ClN2O2. The van der Waals surface area contributed by atoms with Crippen LogP contribution < -0.4 is 11.1 Å². The summed E-state index contributed by atoms with van der Waals surface area (Å²) in [7, 11) is 0. The molecule has 90 valence electrons. The van der Waals surface area contributed by atoms with Crippen molar-refractivity contribution in [2.75, 3.05) is 5.88 Å². The lowest BCUT2D eigenvalue weighted by Gasteiger charge is -2.26. The van der Waals surface area contributed by atoms with Gasteiger partial charge in [-0.05, 0) is 11.1 Å². The van der Waals surface area contributed by atoms with Crippen LogP contribution in [-0.4, -0.2) is 23.2 Å². The van der Waals surface area contributed by atoms with Gasteiger partial charge >= 0.3 is 0 Å². The standard InChI is InChI=1S/C12H13ClN2O2/c13-7-10(16)15-12(11(14)17)5-8-3-1-2-4-9(8)6-12/h1-4H,5-7H2,(H2,14,17)(H,15,16). The highest BCUT2D eigenvalue weighted by atomic mass is 35.5. The normalized spacial score (nSPS) is 16.3. The van der Waals surface area contributed by atoms with Gasteiger partial charge in [0.25, 0.3) is 0 Å². The number of benzene rings is 1. The molecule has 0 heterocycles. The number of nitrogens with two attached hydrogens (primary N) is 1. The highest BCUT2D eigenvalue weighted by Gasteiger charge is 2.43. The molecule has 0 unspecified atom stereocenters.